The number of imidazole rings is 1. The van der Waals surface area contributed by atoms with Crippen LogP contribution in [0.5, 0.6) is 0 Å². The minimum absolute atomic E-state index is 0.0103. The van der Waals surface area contributed by atoms with Crippen molar-refractivity contribution in [2.24, 2.45) is 11.8 Å². The first-order valence-electron chi connectivity index (χ1n) is 11.3. The number of benzene rings is 1. The van der Waals surface area contributed by atoms with E-state index in [1.807, 2.05) is 42.3 Å². The van der Waals surface area contributed by atoms with Gasteiger partial charge < -0.3 is 9.88 Å². The quantitative estimate of drug-likeness (QED) is 0.444. The van der Waals surface area contributed by atoms with E-state index in [1.54, 1.807) is 18.7 Å². The highest BCUT2D eigenvalue weighted by Gasteiger charge is 2.55. The summed E-state index contributed by atoms with van der Waals surface area (Å²) in [6.07, 6.45) is 9.04. The molecule has 4 aromatic rings. The predicted octanol–water partition coefficient (Wildman–Crippen LogP) is 4.91. The first-order valence-corrected chi connectivity index (χ1v) is 11.3. The van der Waals surface area contributed by atoms with Crippen LogP contribution in [0, 0.1) is 18.8 Å². The standard InChI is InChI=1S/C25H25FN6O/c1-14-8-20(16-10-30-31(12-16)25(2,3)26)27-11-18(14)23-22(15-4-5-15)24(33)32(23)17-6-7-19-21(9-17)29-13-28-19/h6-13,15,22-23H,4-5H2,1-3H3,(H,28,29)/t22?,23-/m1/s1. The van der Waals surface area contributed by atoms with Crippen molar-refractivity contribution in [3.05, 3.63) is 60.3 Å². The highest BCUT2D eigenvalue weighted by Crippen LogP contribution is 2.54. The van der Waals surface area contributed by atoms with Gasteiger partial charge in [0.2, 0.25) is 5.91 Å². The fraction of sp³-hybridized carbons (Fsp3) is 0.360. The topological polar surface area (TPSA) is 79.7 Å². The van der Waals surface area contributed by atoms with Crippen LogP contribution in [0.1, 0.15) is 43.9 Å². The summed E-state index contributed by atoms with van der Waals surface area (Å²) >= 11 is 0. The van der Waals surface area contributed by atoms with Crippen LogP contribution in [0.3, 0.4) is 0 Å². The Balaban J connectivity index is 1.37. The maximum Gasteiger partial charge on any atom is 0.233 e. The number of hydrogen-bond acceptors (Lipinski definition) is 4. The largest absolute Gasteiger partial charge is 0.345 e. The summed E-state index contributed by atoms with van der Waals surface area (Å²) in [5.41, 5.74) is 6.27. The zero-order valence-electron chi connectivity index (χ0n) is 18.8. The third-order valence-corrected chi connectivity index (χ3v) is 6.85. The van der Waals surface area contributed by atoms with E-state index < -0.39 is 5.79 Å². The van der Waals surface area contributed by atoms with Crippen molar-refractivity contribution in [1.82, 2.24) is 24.7 Å². The molecule has 6 rings (SSSR count). The van der Waals surface area contributed by atoms with E-state index in [9.17, 15) is 9.18 Å². The molecule has 1 aromatic carbocycles. The van der Waals surface area contributed by atoms with E-state index >= 15 is 0 Å². The number of nitrogens with one attached hydrogen (secondary N) is 1. The van der Waals surface area contributed by atoms with Crippen molar-refractivity contribution < 1.29 is 9.18 Å². The number of carbonyl (C=O) groups is 1. The molecule has 1 aliphatic heterocycles. The third-order valence-electron chi connectivity index (χ3n) is 6.85. The Kier molecular flexibility index (Phi) is 4.24. The van der Waals surface area contributed by atoms with Gasteiger partial charge in [-0.15, -0.1) is 0 Å². The number of aromatic nitrogens is 5. The first kappa shape index (κ1) is 20.1. The maximum atomic E-state index is 14.2. The molecule has 1 saturated heterocycles. The highest BCUT2D eigenvalue weighted by atomic mass is 19.1. The number of fused-ring (bicyclic) bond motifs is 1. The monoisotopic (exact) mass is 444 g/mol. The number of hydrogen-bond donors (Lipinski definition) is 1. The molecule has 168 valence electrons. The summed E-state index contributed by atoms with van der Waals surface area (Å²) in [4.78, 5) is 27.2. The van der Waals surface area contributed by atoms with Gasteiger partial charge >= 0.3 is 0 Å². The van der Waals surface area contributed by atoms with Crippen LogP contribution in [0.25, 0.3) is 22.3 Å². The Labute approximate surface area is 190 Å². The van der Waals surface area contributed by atoms with Crippen molar-refractivity contribution in [3.8, 4) is 11.3 Å². The fourth-order valence-electron chi connectivity index (χ4n) is 4.90. The van der Waals surface area contributed by atoms with E-state index in [4.69, 9.17) is 0 Å². The average molecular weight is 445 g/mol. The van der Waals surface area contributed by atoms with Crippen LogP contribution < -0.4 is 4.90 Å². The van der Waals surface area contributed by atoms with E-state index in [1.165, 1.54) is 18.5 Å². The summed E-state index contributed by atoms with van der Waals surface area (Å²) in [5, 5.41) is 4.14. The van der Waals surface area contributed by atoms with E-state index in [-0.39, 0.29) is 17.9 Å². The van der Waals surface area contributed by atoms with Gasteiger partial charge in [-0.3, -0.25) is 9.78 Å². The van der Waals surface area contributed by atoms with Crippen molar-refractivity contribution >= 4 is 22.6 Å². The number of rotatable bonds is 5. The molecule has 2 fully saturated rings. The number of amides is 1. The molecule has 2 atom stereocenters. The van der Waals surface area contributed by atoms with Crippen LogP contribution in [-0.2, 0) is 10.6 Å². The second-order valence-corrected chi connectivity index (χ2v) is 9.63. The van der Waals surface area contributed by atoms with Gasteiger partial charge in [0, 0.05) is 23.6 Å². The Morgan fingerprint density at radius 3 is 2.67 bits per heavy atom. The number of aromatic amines is 1. The molecule has 2 aliphatic rings. The van der Waals surface area contributed by atoms with Gasteiger partial charge in [-0.25, -0.2) is 14.1 Å². The number of β-lactam (4-membered cyclic amide) rings is 1. The lowest BCUT2D eigenvalue weighted by Crippen LogP contribution is -2.56. The van der Waals surface area contributed by atoms with Crippen molar-refractivity contribution in [3.63, 3.8) is 0 Å². The number of nitrogens with zero attached hydrogens (tertiary/aromatic N) is 5. The molecule has 1 aliphatic carbocycles. The van der Waals surface area contributed by atoms with Crippen LogP contribution in [0.2, 0.25) is 0 Å². The van der Waals surface area contributed by atoms with Crippen molar-refractivity contribution in [2.75, 3.05) is 4.90 Å². The molecule has 1 saturated carbocycles. The number of halogens is 1. The SMILES string of the molecule is Cc1cc(-c2cnn(C(C)(C)F)c2)ncc1[C@@H]1C(C2CC2)C(=O)N1c1ccc2nc[nH]c2c1. The summed E-state index contributed by atoms with van der Waals surface area (Å²) in [6.45, 7) is 4.98. The second-order valence-electron chi connectivity index (χ2n) is 9.63. The molecule has 3 aromatic heterocycles. The minimum Gasteiger partial charge on any atom is -0.345 e. The average Bonchev–Trinajstić information content (AvgIpc) is 3.25. The lowest BCUT2D eigenvalue weighted by molar-refractivity contribution is -0.131. The fourth-order valence-corrected chi connectivity index (χ4v) is 4.90. The van der Waals surface area contributed by atoms with Crippen LogP contribution in [-0.4, -0.2) is 30.6 Å². The first-order chi connectivity index (χ1) is 15.8. The molecule has 1 unspecified atom stereocenters. The number of alkyl halides is 1. The lowest BCUT2D eigenvalue weighted by Gasteiger charge is -2.48. The summed E-state index contributed by atoms with van der Waals surface area (Å²) < 4.78 is 15.5. The molecule has 4 heterocycles. The lowest BCUT2D eigenvalue weighted by atomic mass is 9.77. The van der Waals surface area contributed by atoms with Gasteiger partial charge in [0.15, 0.2) is 5.79 Å². The molecular weight excluding hydrogens is 419 g/mol. The molecule has 0 radical (unpaired) electrons. The summed E-state index contributed by atoms with van der Waals surface area (Å²) in [5.74, 6) is -0.966. The zero-order valence-corrected chi connectivity index (χ0v) is 18.8. The number of aryl methyl sites for hydroxylation is 1. The van der Waals surface area contributed by atoms with E-state index in [0.717, 1.165) is 51.9 Å². The molecule has 7 nitrogen and oxygen atoms in total. The van der Waals surface area contributed by atoms with E-state index in [0.29, 0.717) is 5.92 Å². The summed E-state index contributed by atoms with van der Waals surface area (Å²) in [7, 11) is 0. The number of carbonyl (C=O) groups excluding carboxylic acids is 1. The molecule has 8 heteroatoms. The third kappa shape index (κ3) is 3.23. The Bertz CT molecular complexity index is 1380. The molecule has 1 amide bonds. The van der Waals surface area contributed by atoms with Crippen LogP contribution in [0.15, 0.2) is 49.2 Å². The smallest absolute Gasteiger partial charge is 0.233 e. The Morgan fingerprint density at radius 1 is 1.15 bits per heavy atom. The van der Waals surface area contributed by atoms with Crippen LogP contribution in [0.4, 0.5) is 10.1 Å². The van der Waals surface area contributed by atoms with Gasteiger partial charge in [0.25, 0.3) is 0 Å². The Hall–Kier alpha value is -3.55. The number of H-pyrrole nitrogens is 1. The molecule has 0 spiro atoms. The maximum absolute atomic E-state index is 14.2. The Morgan fingerprint density at radius 2 is 1.97 bits per heavy atom. The zero-order chi connectivity index (χ0) is 22.9. The van der Waals surface area contributed by atoms with Gasteiger partial charge in [-0.2, -0.15) is 5.10 Å². The molecule has 0 bridgehead atoms. The summed E-state index contributed by atoms with van der Waals surface area (Å²) in [6, 6.07) is 7.85. The van der Waals surface area contributed by atoms with E-state index in [2.05, 4.69) is 20.1 Å². The normalized spacial score (nSPS) is 21.0. The minimum atomic E-state index is -1.58. The number of anilines is 1. The van der Waals surface area contributed by atoms with Gasteiger partial charge in [0.05, 0.1) is 41.2 Å². The number of pyridine rings is 1. The molecule has 1 N–H and O–H groups in total. The predicted molar refractivity (Wildman–Crippen MR) is 123 cm³/mol. The highest BCUT2D eigenvalue weighted by molar-refractivity contribution is 6.04. The second kappa shape index (κ2) is 6.97. The molecular formula is C25H25FN6O. The van der Waals surface area contributed by atoms with Gasteiger partial charge in [0.1, 0.15) is 0 Å². The van der Waals surface area contributed by atoms with Crippen LogP contribution >= 0.6 is 0 Å². The van der Waals surface area contributed by atoms with Crippen molar-refractivity contribution in [2.45, 2.75) is 45.4 Å². The van der Waals surface area contributed by atoms with Crippen molar-refractivity contribution in [1.29, 1.82) is 0 Å². The van der Waals surface area contributed by atoms with Gasteiger partial charge in [-0.05, 0) is 74.9 Å². The van der Waals surface area contributed by atoms with Gasteiger partial charge in [-0.1, -0.05) is 0 Å². The molecule has 33 heavy (non-hydrogen) atoms.